The van der Waals surface area contributed by atoms with Gasteiger partial charge in [0.25, 0.3) is 0 Å². The van der Waals surface area contributed by atoms with Crippen molar-refractivity contribution in [2.24, 2.45) is 17.3 Å². The van der Waals surface area contributed by atoms with E-state index in [0.29, 0.717) is 24.7 Å². The van der Waals surface area contributed by atoms with Gasteiger partial charge in [0.1, 0.15) is 5.41 Å². The van der Waals surface area contributed by atoms with Crippen molar-refractivity contribution in [2.75, 3.05) is 20.2 Å². The van der Waals surface area contributed by atoms with E-state index in [2.05, 4.69) is 34.5 Å². The fourth-order valence-electron chi connectivity index (χ4n) is 4.66. The Bertz CT molecular complexity index is 656. The molecule has 1 aromatic rings. The van der Waals surface area contributed by atoms with E-state index in [4.69, 9.17) is 4.74 Å². The van der Waals surface area contributed by atoms with Gasteiger partial charge in [-0.25, -0.2) is 0 Å². The smallest absolute Gasteiger partial charge is 0.321 e. The summed E-state index contributed by atoms with van der Waals surface area (Å²) in [6.07, 6.45) is 3.42. The van der Waals surface area contributed by atoms with Crippen LogP contribution in [0, 0.1) is 17.3 Å². The second-order valence-corrected chi connectivity index (χ2v) is 7.83. The average Bonchev–Trinajstić information content (AvgIpc) is 3.24. The van der Waals surface area contributed by atoms with Gasteiger partial charge in [-0.15, -0.1) is 0 Å². The average molecular weight is 342 g/mol. The Morgan fingerprint density at radius 2 is 1.96 bits per heavy atom. The van der Waals surface area contributed by atoms with E-state index in [1.54, 1.807) is 0 Å². The standard InChI is InChI=1S/C20H26N2O3/c1-25-19(24)20(9-10-20)18(23)21-17-8-7-15-12-22(13-16(15)17)11-14-5-3-2-4-6-14/h2-6,15-17H,7-13H2,1H3,(H,21,23)/t15-,16-,17-/m1/s1. The van der Waals surface area contributed by atoms with Crippen molar-refractivity contribution in [3.8, 4) is 0 Å². The summed E-state index contributed by atoms with van der Waals surface area (Å²) in [7, 11) is 1.36. The van der Waals surface area contributed by atoms with Gasteiger partial charge in [0.05, 0.1) is 7.11 Å². The van der Waals surface area contributed by atoms with E-state index in [1.165, 1.54) is 12.7 Å². The molecular weight excluding hydrogens is 316 g/mol. The number of hydrogen-bond acceptors (Lipinski definition) is 4. The van der Waals surface area contributed by atoms with Gasteiger partial charge in [0, 0.05) is 25.7 Å². The Hall–Kier alpha value is -1.88. The molecule has 25 heavy (non-hydrogen) atoms. The van der Waals surface area contributed by atoms with Crippen molar-refractivity contribution in [1.82, 2.24) is 10.2 Å². The predicted molar refractivity (Wildman–Crippen MR) is 93.5 cm³/mol. The maximum Gasteiger partial charge on any atom is 0.321 e. The molecule has 0 aromatic heterocycles. The number of nitrogens with zero attached hydrogens (tertiary/aromatic N) is 1. The lowest BCUT2D eigenvalue weighted by Gasteiger charge is -2.23. The number of esters is 1. The van der Waals surface area contributed by atoms with E-state index >= 15 is 0 Å². The minimum Gasteiger partial charge on any atom is -0.468 e. The van der Waals surface area contributed by atoms with E-state index in [9.17, 15) is 9.59 Å². The molecule has 5 heteroatoms. The van der Waals surface area contributed by atoms with Crippen LogP contribution in [0.2, 0.25) is 0 Å². The highest BCUT2D eigenvalue weighted by atomic mass is 16.5. The first-order valence-electron chi connectivity index (χ1n) is 9.28. The zero-order valence-corrected chi connectivity index (χ0v) is 14.7. The molecule has 3 fully saturated rings. The summed E-state index contributed by atoms with van der Waals surface area (Å²) in [6.45, 7) is 3.10. The van der Waals surface area contributed by atoms with Crippen LogP contribution in [-0.2, 0) is 20.9 Å². The third-order valence-corrected chi connectivity index (χ3v) is 6.26. The number of nitrogens with one attached hydrogen (secondary N) is 1. The quantitative estimate of drug-likeness (QED) is 0.656. The lowest BCUT2D eigenvalue weighted by atomic mass is 9.97. The molecule has 0 unspecified atom stereocenters. The predicted octanol–water partition coefficient (Wildman–Crippen LogP) is 1.97. The normalized spacial score (nSPS) is 29.9. The molecule has 4 rings (SSSR count). The highest BCUT2D eigenvalue weighted by molar-refractivity contribution is 6.05. The minimum absolute atomic E-state index is 0.119. The Labute approximate surface area is 148 Å². The van der Waals surface area contributed by atoms with E-state index in [-0.39, 0.29) is 17.9 Å². The second-order valence-electron chi connectivity index (χ2n) is 7.83. The first kappa shape index (κ1) is 16.6. The minimum atomic E-state index is -0.894. The van der Waals surface area contributed by atoms with Crippen LogP contribution < -0.4 is 5.32 Å². The van der Waals surface area contributed by atoms with Crippen LogP contribution >= 0.6 is 0 Å². The zero-order chi connectivity index (χ0) is 17.4. The van der Waals surface area contributed by atoms with Gasteiger partial charge in [-0.3, -0.25) is 14.5 Å². The fraction of sp³-hybridized carbons (Fsp3) is 0.600. The van der Waals surface area contributed by atoms with Crippen molar-refractivity contribution in [3.63, 3.8) is 0 Å². The van der Waals surface area contributed by atoms with Gasteiger partial charge in [0.15, 0.2) is 0 Å². The summed E-state index contributed by atoms with van der Waals surface area (Å²) in [5.41, 5.74) is 0.445. The van der Waals surface area contributed by atoms with Crippen LogP contribution in [0.3, 0.4) is 0 Å². The number of benzene rings is 1. The van der Waals surface area contributed by atoms with Crippen molar-refractivity contribution in [3.05, 3.63) is 35.9 Å². The maximum absolute atomic E-state index is 12.6. The van der Waals surface area contributed by atoms with Crippen molar-refractivity contribution in [2.45, 2.75) is 38.3 Å². The molecular formula is C20H26N2O3. The van der Waals surface area contributed by atoms with Gasteiger partial charge in [-0.05, 0) is 43.1 Å². The van der Waals surface area contributed by atoms with Gasteiger partial charge >= 0.3 is 5.97 Å². The molecule has 5 nitrogen and oxygen atoms in total. The number of methoxy groups -OCH3 is 1. The summed E-state index contributed by atoms with van der Waals surface area (Å²) in [4.78, 5) is 27.0. The zero-order valence-electron chi connectivity index (χ0n) is 14.7. The van der Waals surface area contributed by atoms with Crippen molar-refractivity contribution in [1.29, 1.82) is 0 Å². The monoisotopic (exact) mass is 342 g/mol. The van der Waals surface area contributed by atoms with Crippen molar-refractivity contribution >= 4 is 11.9 Å². The maximum atomic E-state index is 12.6. The van der Waals surface area contributed by atoms with Crippen LogP contribution in [-0.4, -0.2) is 43.0 Å². The Morgan fingerprint density at radius 1 is 1.20 bits per heavy atom. The first-order chi connectivity index (χ1) is 12.1. The van der Waals surface area contributed by atoms with Crippen LogP contribution in [0.1, 0.15) is 31.2 Å². The Morgan fingerprint density at radius 3 is 2.64 bits per heavy atom. The lowest BCUT2D eigenvalue weighted by Crippen LogP contribution is -2.45. The molecule has 0 radical (unpaired) electrons. The molecule has 2 saturated carbocycles. The van der Waals surface area contributed by atoms with E-state index in [1.807, 2.05) is 6.07 Å². The molecule has 1 saturated heterocycles. The lowest BCUT2D eigenvalue weighted by molar-refractivity contribution is -0.152. The molecule has 3 atom stereocenters. The Kier molecular flexibility index (Phi) is 4.28. The SMILES string of the molecule is COC(=O)C1(C(=O)N[C@@H]2CC[C@@H]3CN(Cc4ccccc4)C[C@H]32)CC1. The molecule has 134 valence electrons. The molecule has 1 aromatic carbocycles. The summed E-state index contributed by atoms with van der Waals surface area (Å²) in [5, 5.41) is 3.19. The highest BCUT2D eigenvalue weighted by Gasteiger charge is 2.58. The Balaban J connectivity index is 1.36. The third-order valence-electron chi connectivity index (χ3n) is 6.26. The molecule has 1 amide bonds. The molecule has 1 N–H and O–H groups in total. The molecule has 1 aliphatic heterocycles. The van der Waals surface area contributed by atoms with Gasteiger partial charge in [-0.2, -0.15) is 0 Å². The largest absolute Gasteiger partial charge is 0.468 e. The number of carbonyl (C=O) groups excluding carboxylic acids is 2. The van der Waals surface area contributed by atoms with Crippen molar-refractivity contribution < 1.29 is 14.3 Å². The summed E-state index contributed by atoms with van der Waals surface area (Å²) in [6, 6.07) is 10.7. The van der Waals surface area contributed by atoms with E-state index < -0.39 is 5.41 Å². The summed E-state index contributed by atoms with van der Waals surface area (Å²) >= 11 is 0. The molecule has 2 aliphatic carbocycles. The van der Waals surface area contributed by atoms with Crippen LogP contribution in [0.25, 0.3) is 0 Å². The molecule has 1 heterocycles. The third kappa shape index (κ3) is 3.06. The first-order valence-corrected chi connectivity index (χ1v) is 9.28. The van der Waals surface area contributed by atoms with Gasteiger partial charge in [0.2, 0.25) is 5.91 Å². The highest BCUT2D eigenvalue weighted by Crippen LogP contribution is 2.48. The van der Waals surface area contributed by atoms with Crippen LogP contribution in [0.15, 0.2) is 30.3 Å². The molecule has 3 aliphatic rings. The fourth-order valence-corrected chi connectivity index (χ4v) is 4.66. The summed E-state index contributed by atoms with van der Waals surface area (Å²) < 4.78 is 4.83. The summed E-state index contributed by atoms with van der Waals surface area (Å²) in [5.74, 6) is 0.659. The van der Waals surface area contributed by atoms with Gasteiger partial charge in [-0.1, -0.05) is 30.3 Å². The van der Waals surface area contributed by atoms with E-state index in [0.717, 1.165) is 32.5 Å². The molecule has 0 bridgehead atoms. The number of likely N-dealkylation sites (tertiary alicyclic amines) is 1. The number of rotatable bonds is 5. The van der Waals surface area contributed by atoms with Gasteiger partial charge < -0.3 is 10.1 Å². The number of ether oxygens (including phenoxy) is 1. The molecule has 0 spiro atoms. The number of carbonyl (C=O) groups is 2. The number of amides is 1. The van der Waals surface area contributed by atoms with Crippen LogP contribution in [0.5, 0.6) is 0 Å². The topological polar surface area (TPSA) is 58.6 Å². The number of fused-ring (bicyclic) bond motifs is 1. The number of hydrogen-bond donors (Lipinski definition) is 1. The van der Waals surface area contributed by atoms with Crippen LogP contribution in [0.4, 0.5) is 0 Å². The second kappa shape index (κ2) is 6.45.